The van der Waals surface area contributed by atoms with Crippen molar-refractivity contribution in [3.63, 3.8) is 0 Å². The molecular weight excluding hydrogens is 192 g/mol. The molecule has 1 N–H and O–H groups in total. The third-order valence-electron chi connectivity index (χ3n) is 2.96. The van der Waals surface area contributed by atoms with Gasteiger partial charge < -0.3 is 5.32 Å². The van der Waals surface area contributed by atoms with Crippen LogP contribution in [0, 0.1) is 12.8 Å². The first-order chi connectivity index (χ1) is 6.74. The highest BCUT2D eigenvalue weighted by Crippen LogP contribution is 2.27. The van der Waals surface area contributed by atoms with Gasteiger partial charge in [-0.25, -0.2) is 4.98 Å². The first kappa shape index (κ1) is 9.97. The van der Waals surface area contributed by atoms with Gasteiger partial charge in [0.25, 0.3) is 0 Å². The van der Waals surface area contributed by atoms with Gasteiger partial charge in [-0.3, -0.25) is 0 Å². The zero-order valence-electron chi connectivity index (χ0n) is 8.92. The first-order valence-corrected chi connectivity index (χ1v) is 6.24. The number of hydrogen-bond donors (Lipinski definition) is 1. The second-order valence-corrected chi connectivity index (χ2v) is 5.61. The van der Waals surface area contributed by atoms with Crippen LogP contribution in [0.2, 0.25) is 0 Å². The Bertz CT molecular complexity index is 287. The molecule has 1 aromatic heterocycles. The molecule has 0 aromatic carbocycles. The first-order valence-electron chi connectivity index (χ1n) is 5.43. The van der Waals surface area contributed by atoms with Crippen molar-refractivity contribution in [2.45, 2.75) is 45.6 Å². The van der Waals surface area contributed by atoms with Gasteiger partial charge in [-0.2, -0.15) is 0 Å². The topological polar surface area (TPSA) is 24.9 Å². The average Bonchev–Trinajstić information content (AvgIpc) is 2.56. The molecule has 2 nitrogen and oxygen atoms in total. The van der Waals surface area contributed by atoms with Gasteiger partial charge in [0.05, 0.1) is 0 Å². The van der Waals surface area contributed by atoms with Gasteiger partial charge in [0.15, 0.2) is 5.13 Å². The highest BCUT2D eigenvalue weighted by molar-refractivity contribution is 7.15. The SMILES string of the molecule is Cc1cnc(NC2CCC(C)CC2)s1. The Morgan fingerprint density at radius 3 is 2.64 bits per heavy atom. The van der Waals surface area contributed by atoms with Crippen LogP contribution in [-0.4, -0.2) is 11.0 Å². The monoisotopic (exact) mass is 210 g/mol. The largest absolute Gasteiger partial charge is 0.359 e. The molecule has 0 spiro atoms. The Kier molecular flexibility index (Phi) is 3.06. The number of aromatic nitrogens is 1. The lowest BCUT2D eigenvalue weighted by atomic mass is 9.87. The van der Waals surface area contributed by atoms with E-state index in [4.69, 9.17) is 0 Å². The summed E-state index contributed by atoms with van der Waals surface area (Å²) >= 11 is 1.76. The van der Waals surface area contributed by atoms with E-state index in [1.54, 1.807) is 11.3 Å². The maximum Gasteiger partial charge on any atom is 0.183 e. The second kappa shape index (κ2) is 4.30. The number of hydrogen-bond acceptors (Lipinski definition) is 3. The fraction of sp³-hybridized carbons (Fsp3) is 0.727. The molecule has 1 saturated carbocycles. The molecule has 0 saturated heterocycles. The van der Waals surface area contributed by atoms with Crippen molar-refractivity contribution < 1.29 is 0 Å². The van der Waals surface area contributed by atoms with Crippen LogP contribution in [0.15, 0.2) is 6.20 Å². The van der Waals surface area contributed by atoms with E-state index in [1.807, 2.05) is 6.20 Å². The molecule has 0 radical (unpaired) electrons. The molecule has 0 aliphatic heterocycles. The molecule has 3 heteroatoms. The van der Waals surface area contributed by atoms with Crippen LogP contribution in [0.1, 0.15) is 37.5 Å². The maximum absolute atomic E-state index is 4.34. The standard InChI is InChI=1S/C11H18N2S/c1-8-3-5-10(6-4-8)13-11-12-7-9(2)14-11/h7-8,10H,3-6H2,1-2H3,(H,12,13). The van der Waals surface area contributed by atoms with E-state index in [2.05, 4.69) is 24.1 Å². The average molecular weight is 210 g/mol. The molecule has 1 heterocycles. The summed E-state index contributed by atoms with van der Waals surface area (Å²) in [6.45, 7) is 4.45. The highest BCUT2D eigenvalue weighted by atomic mass is 32.1. The Hall–Kier alpha value is -0.570. The Balaban J connectivity index is 1.86. The number of nitrogens with one attached hydrogen (secondary N) is 1. The second-order valence-electron chi connectivity index (χ2n) is 4.38. The molecule has 0 atom stereocenters. The molecule has 1 aliphatic rings. The van der Waals surface area contributed by atoms with Crippen LogP contribution in [0.3, 0.4) is 0 Å². The van der Waals surface area contributed by atoms with Gasteiger partial charge in [-0.05, 0) is 38.5 Å². The fourth-order valence-electron chi connectivity index (χ4n) is 2.00. The minimum Gasteiger partial charge on any atom is -0.359 e. The Labute approximate surface area is 89.8 Å². The minimum atomic E-state index is 0.664. The number of aryl methyl sites for hydroxylation is 1. The van der Waals surface area contributed by atoms with E-state index >= 15 is 0 Å². The third kappa shape index (κ3) is 2.47. The van der Waals surface area contributed by atoms with Gasteiger partial charge in [0, 0.05) is 17.1 Å². The molecule has 14 heavy (non-hydrogen) atoms. The summed E-state index contributed by atoms with van der Waals surface area (Å²) < 4.78 is 0. The van der Waals surface area contributed by atoms with Crippen LogP contribution < -0.4 is 5.32 Å². The van der Waals surface area contributed by atoms with Crippen LogP contribution in [0.5, 0.6) is 0 Å². The van der Waals surface area contributed by atoms with Crippen LogP contribution in [0.25, 0.3) is 0 Å². The zero-order chi connectivity index (χ0) is 9.97. The lowest BCUT2D eigenvalue weighted by Gasteiger charge is -2.26. The lowest BCUT2D eigenvalue weighted by Crippen LogP contribution is -2.24. The van der Waals surface area contributed by atoms with Crippen molar-refractivity contribution in [1.82, 2.24) is 4.98 Å². The summed E-state index contributed by atoms with van der Waals surface area (Å²) in [5.41, 5.74) is 0. The number of rotatable bonds is 2. The summed E-state index contributed by atoms with van der Waals surface area (Å²) in [7, 11) is 0. The van der Waals surface area contributed by atoms with Crippen molar-refractivity contribution in [3.05, 3.63) is 11.1 Å². The molecule has 1 aromatic rings. The van der Waals surface area contributed by atoms with Crippen LogP contribution >= 0.6 is 11.3 Å². The molecule has 0 amide bonds. The van der Waals surface area contributed by atoms with E-state index in [9.17, 15) is 0 Å². The molecule has 1 fully saturated rings. The molecule has 0 unspecified atom stereocenters. The van der Waals surface area contributed by atoms with E-state index in [1.165, 1.54) is 30.6 Å². The zero-order valence-corrected chi connectivity index (χ0v) is 9.73. The smallest absolute Gasteiger partial charge is 0.183 e. The van der Waals surface area contributed by atoms with Gasteiger partial charge in [-0.1, -0.05) is 6.92 Å². The van der Waals surface area contributed by atoms with Crippen molar-refractivity contribution >= 4 is 16.5 Å². The molecule has 0 bridgehead atoms. The van der Waals surface area contributed by atoms with E-state index in [-0.39, 0.29) is 0 Å². The van der Waals surface area contributed by atoms with Gasteiger partial charge in [0.2, 0.25) is 0 Å². The molecule has 1 aliphatic carbocycles. The van der Waals surface area contributed by atoms with Gasteiger partial charge >= 0.3 is 0 Å². The predicted octanol–water partition coefficient (Wildman–Crippen LogP) is 3.44. The summed E-state index contributed by atoms with van der Waals surface area (Å²) in [5.74, 6) is 0.922. The predicted molar refractivity (Wildman–Crippen MR) is 61.9 cm³/mol. The van der Waals surface area contributed by atoms with Crippen molar-refractivity contribution in [3.8, 4) is 0 Å². The van der Waals surface area contributed by atoms with Gasteiger partial charge in [-0.15, -0.1) is 11.3 Å². The summed E-state index contributed by atoms with van der Waals surface area (Å²) in [6, 6.07) is 0.664. The molecular formula is C11H18N2S. The minimum absolute atomic E-state index is 0.664. The summed E-state index contributed by atoms with van der Waals surface area (Å²) in [4.78, 5) is 5.62. The van der Waals surface area contributed by atoms with E-state index in [0.717, 1.165) is 11.0 Å². The number of thiazole rings is 1. The Morgan fingerprint density at radius 1 is 1.36 bits per heavy atom. The number of nitrogens with zero attached hydrogens (tertiary/aromatic N) is 1. The highest BCUT2D eigenvalue weighted by Gasteiger charge is 2.18. The Morgan fingerprint density at radius 2 is 2.07 bits per heavy atom. The van der Waals surface area contributed by atoms with Crippen LogP contribution in [0.4, 0.5) is 5.13 Å². The number of anilines is 1. The quantitative estimate of drug-likeness (QED) is 0.808. The van der Waals surface area contributed by atoms with E-state index in [0.29, 0.717) is 6.04 Å². The molecule has 78 valence electrons. The molecule has 2 rings (SSSR count). The normalized spacial score (nSPS) is 27.6. The fourth-order valence-corrected chi connectivity index (χ4v) is 2.74. The summed E-state index contributed by atoms with van der Waals surface area (Å²) in [6.07, 6.45) is 7.28. The van der Waals surface area contributed by atoms with Gasteiger partial charge in [0.1, 0.15) is 0 Å². The van der Waals surface area contributed by atoms with Crippen LogP contribution in [-0.2, 0) is 0 Å². The maximum atomic E-state index is 4.34. The summed E-state index contributed by atoms with van der Waals surface area (Å²) in [5, 5.41) is 4.63. The van der Waals surface area contributed by atoms with Crippen molar-refractivity contribution in [2.24, 2.45) is 5.92 Å². The van der Waals surface area contributed by atoms with Crippen molar-refractivity contribution in [2.75, 3.05) is 5.32 Å². The van der Waals surface area contributed by atoms with E-state index < -0.39 is 0 Å². The lowest BCUT2D eigenvalue weighted by molar-refractivity contribution is 0.361. The van der Waals surface area contributed by atoms with Crippen molar-refractivity contribution in [1.29, 1.82) is 0 Å². The third-order valence-corrected chi connectivity index (χ3v) is 3.81.